The van der Waals surface area contributed by atoms with Crippen molar-refractivity contribution in [1.29, 1.82) is 0 Å². The van der Waals surface area contributed by atoms with E-state index in [-0.39, 0.29) is 0 Å². The van der Waals surface area contributed by atoms with Gasteiger partial charge in [0.15, 0.2) is 0 Å². The highest BCUT2D eigenvalue weighted by Crippen LogP contribution is 2.38. The average molecular weight is 156 g/mol. The Morgan fingerprint density at radius 1 is 1.27 bits per heavy atom. The second-order valence-corrected chi connectivity index (χ2v) is 4.96. The fourth-order valence-electron chi connectivity index (χ4n) is 1.90. The van der Waals surface area contributed by atoms with Crippen LogP contribution in [0.3, 0.4) is 0 Å². The fraction of sp³-hybridized carbons (Fsp3) is 1.00. The van der Waals surface area contributed by atoms with Gasteiger partial charge in [-0.05, 0) is 30.6 Å². The molecule has 0 bridgehead atoms. The number of hydrogen-bond acceptors (Lipinski definition) is 1. The van der Waals surface area contributed by atoms with Crippen LogP contribution in [-0.2, 0) is 4.74 Å². The van der Waals surface area contributed by atoms with Crippen molar-refractivity contribution in [2.45, 2.75) is 46.1 Å². The van der Waals surface area contributed by atoms with Crippen LogP contribution in [0, 0.1) is 11.3 Å². The van der Waals surface area contributed by atoms with Gasteiger partial charge in [0.25, 0.3) is 0 Å². The van der Waals surface area contributed by atoms with Crippen LogP contribution in [0.25, 0.3) is 0 Å². The zero-order chi connectivity index (χ0) is 8.48. The maximum atomic E-state index is 5.23. The Kier molecular flexibility index (Phi) is 2.58. The van der Waals surface area contributed by atoms with Crippen molar-refractivity contribution in [2.75, 3.05) is 7.11 Å². The van der Waals surface area contributed by atoms with Gasteiger partial charge < -0.3 is 4.74 Å². The van der Waals surface area contributed by atoms with Crippen LogP contribution >= 0.6 is 0 Å². The maximum Gasteiger partial charge on any atom is 0.0576 e. The lowest BCUT2D eigenvalue weighted by Crippen LogP contribution is -2.32. The van der Waals surface area contributed by atoms with Gasteiger partial charge in [0.05, 0.1) is 6.10 Å². The quantitative estimate of drug-likeness (QED) is 0.597. The predicted octanol–water partition coefficient (Wildman–Crippen LogP) is 2.85. The molecular weight excluding hydrogens is 136 g/mol. The van der Waals surface area contributed by atoms with E-state index in [1.54, 1.807) is 0 Å². The van der Waals surface area contributed by atoms with Gasteiger partial charge in [-0.25, -0.2) is 0 Å². The minimum absolute atomic E-state index is 0.503. The molecule has 1 rings (SSSR count). The molecule has 0 N–H and O–H groups in total. The van der Waals surface area contributed by atoms with E-state index in [1.807, 2.05) is 7.11 Å². The first kappa shape index (κ1) is 9.05. The SMILES string of the molecule is COC1CC(CC(C)(C)C)C1. The zero-order valence-electron chi connectivity index (χ0n) is 8.18. The Bertz CT molecular complexity index is 117. The summed E-state index contributed by atoms with van der Waals surface area (Å²) >= 11 is 0. The average Bonchev–Trinajstić information content (AvgIpc) is 1.75. The van der Waals surface area contributed by atoms with Crippen LogP contribution in [0.4, 0.5) is 0 Å². The first-order valence-electron chi connectivity index (χ1n) is 4.54. The minimum atomic E-state index is 0.503. The highest BCUT2D eigenvalue weighted by molar-refractivity contribution is 4.83. The van der Waals surface area contributed by atoms with Crippen molar-refractivity contribution in [1.82, 2.24) is 0 Å². The molecule has 66 valence electrons. The van der Waals surface area contributed by atoms with Crippen molar-refractivity contribution < 1.29 is 4.74 Å². The smallest absolute Gasteiger partial charge is 0.0576 e. The topological polar surface area (TPSA) is 9.23 Å². The van der Waals surface area contributed by atoms with Gasteiger partial charge >= 0.3 is 0 Å². The van der Waals surface area contributed by atoms with E-state index in [0.29, 0.717) is 11.5 Å². The van der Waals surface area contributed by atoms with Gasteiger partial charge in [-0.1, -0.05) is 20.8 Å². The molecule has 0 atom stereocenters. The number of hydrogen-bond donors (Lipinski definition) is 0. The van der Waals surface area contributed by atoms with E-state index >= 15 is 0 Å². The van der Waals surface area contributed by atoms with Crippen molar-refractivity contribution in [3.05, 3.63) is 0 Å². The summed E-state index contributed by atoms with van der Waals surface area (Å²) in [6.45, 7) is 6.94. The van der Waals surface area contributed by atoms with E-state index < -0.39 is 0 Å². The van der Waals surface area contributed by atoms with Crippen LogP contribution in [0.1, 0.15) is 40.0 Å². The molecular formula is C10H20O. The van der Waals surface area contributed by atoms with E-state index in [9.17, 15) is 0 Å². The molecule has 0 radical (unpaired) electrons. The Morgan fingerprint density at radius 2 is 1.82 bits per heavy atom. The van der Waals surface area contributed by atoms with Crippen LogP contribution in [0.2, 0.25) is 0 Å². The van der Waals surface area contributed by atoms with Gasteiger partial charge in [-0.2, -0.15) is 0 Å². The third kappa shape index (κ3) is 2.82. The molecule has 11 heavy (non-hydrogen) atoms. The minimum Gasteiger partial charge on any atom is -0.381 e. The first-order chi connectivity index (χ1) is 5.01. The lowest BCUT2D eigenvalue weighted by atomic mass is 9.73. The fourth-order valence-corrected chi connectivity index (χ4v) is 1.90. The molecule has 1 heteroatoms. The van der Waals surface area contributed by atoms with Gasteiger partial charge in [0.1, 0.15) is 0 Å². The lowest BCUT2D eigenvalue weighted by molar-refractivity contribution is -0.0117. The second-order valence-electron chi connectivity index (χ2n) is 4.96. The number of methoxy groups -OCH3 is 1. The summed E-state index contributed by atoms with van der Waals surface area (Å²) < 4.78 is 5.23. The van der Waals surface area contributed by atoms with Gasteiger partial charge in [0.2, 0.25) is 0 Å². The molecule has 1 aliphatic rings. The van der Waals surface area contributed by atoms with Crippen molar-refractivity contribution in [2.24, 2.45) is 11.3 Å². The molecule has 1 saturated carbocycles. The van der Waals surface area contributed by atoms with Crippen LogP contribution in [0.5, 0.6) is 0 Å². The van der Waals surface area contributed by atoms with E-state index in [2.05, 4.69) is 20.8 Å². The third-order valence-electron chi connectivity index (χ3n) is 2.43. The van der Waals surface area contributed by atoms with Crippen LogP contribution < -0.4 is 0 Å². The van der Waals surface area contributed by atoms with Crippen molar-refractivity contribution in [3.8, 4) is 0 Å². The molecule has 0 spiro atoms. The summed E-state index contributed by atoms with van der Waals surface area (Å²) in [6, 6.07) is 0. The lowest BCUT2D eigenvalue weighted by Gasteiger charge is -2.37. The van der Waals surface area contributed by atoms with Crippen molar-refractivity contribution >= 4 is 0 Å². The van der Waals surface area contributed by atoms with Gasteiger partial charge in [0, 0.05) is 7.11 Å². The highest BCUT2D eigenvalue weighted by atomic mass is 16.5. The van der Waals surface area contributed by atoms with E-state index in [1.165, 1.54) is 19.3 Å². The van der Waals surface area contributed by atoms with Gasteiger partial charge in [-0.3, -0.25) is 0 Å². The molecule has 0 aromatic carbocycles. The molecule has 0 amide bonds. The molecule has 1 fully saturated rings. The summed E-state index contributed by atoms with van der Waals surface area (Å²) in [5.74, 6) is 0.931. The zero-order valence-corrected chi connectivity index (χ0v) is 8.18. The highest BCUT2D eigenvalue weighted by Gasteiger charge is 2.31. The number of ether oxygens (including phenoxy) is 1. The van der Waals surface area contributed by atoms with E-state index in [0.717, 1.165) is 5.92 Å². The summed E-state index contributed by atoms with van der Waals surface area (Å²) in [4.78, 5) is 0. The third-order valence-corrected chi connectivity index (χ3v) is 2.43. The molecule has 1 nitrogen and oxygen atoms in total. The van der Waals surface area contributed by atoms with Crippen molar-refractivity contribution in [3.63, 3.8) is 0 Å². The molecule has 0 unspecified atom stereocenters. The van der Waals surface area contributed by atoms with Crippen LogP contribution in [0.15, 0.2) is 0 Å². The first-order valence-corrected chi connectivity index (χ1v) is 4.54. The monoisotopic (exact) mass is 156 g/mol. The summed E-state index contributed by atoms with van der Waals surface area (Å²) in [5, 5.41) is 0. The van der Waals surface area contributed by atoms with E-state index in [4.69, 9.17) is 4.74 Å². The normalized spacial score (nSPS) is 31.6. The largest absolute Gasteiger partial charge is 0.381 e. The van der Waals surface area contributed by atoms with Gasteiger partial charge in [-0.15, -0.1) is 0 Å². The summed E-state index contributed by atoms with van der Waals surface area (Å²) in [7, 11) is 1.82. The maximum absolute atomic E-state index is 5.23. The molecule has 1 aliphatic carbocycles. The molecule has 0 aromatic heterocycles. The molecule has 0 aliphatic heterocycles. The second kappa shape index (κ2) is 3.14. The summed E-state index contributed by atoms with van der Waals surface area (Å²) in [5.41, 5.74) is 0.503. The Morgan fingerprint density at radius 3 is 2.18 bits per heavy atom. The Balaban J connectivity index is 2.14. The predicted molar refractivity (Wildman–Crippen MR) is 47.6 cm³/mol. The molecule has 0 aromatic rings. The molecule has 0 heterocycles. The standard InChI is InChI=1S/C10H20O/c1-10(2,3)7-8-5-9(6-8)11-4/h8-9H,5-7H2,1-4H3. The molecule has 0 saturated heterocycles. The Hall–Kier alpha value is -0.0400. The van der Waals surface area contributed by atoms with Crippen LogP contribution in [-0.4, -0.2) is 13.2 Å². The number of rotatable bonds is 2. The Labute approximate surface area is 70.1 Å². The summed E-state index contributed by atoms with van der Waals surface area (Å²) in [6.07, 6.45) is 4.50.